The lowest BCUT2D eigenvalue weighted by Gasteiger charge is -2.09. The van der Waals surface area contributed by atoms with Crippen LogP contribution in [0.1, 0.15) is 18.9 Å². The van der Waals surface area contributed by atoms with Crippen molar-refractivity contribution in [2.45, 2.75) is 19.5 Å². The van der Waals surface area contributed by atoms with Gasteiger partial charge in [-0.2, -0.15) is 13.2 Å². The molecule has 0 atom stereocenters. The average Bonchev–Trinajstić information content (AvgIpc) is 2.16. The first kappa shape index (κ1) is 12.6. The molecule has 0 aromatic heterocycles. The van der Waals surface area contributed by atoms with E-state index in [-0.39, 0.29) is 0 Å². The van der Waals surface area contributed by atoms with Crippen molar-refractivity contribution in [3.8, 4) is 5.75 Å². The Morgan fingerprint density at radius 3 is 2.25 bits per heavy atom. The van der Waals surface area contributed by atoms with Crippen LogP contribution < -0.4 is 4.74 Å². The highest BCUT2D eigenvalue weighted by Crippen LogP contribution is 2.30. The minimum atomic E-state index is -4.30. The van der Waals surface area contributed by atoms with E-state index in [0.717, 1.165) is 17.7 Å². The molecule has 0 saturated heterocycles. The summed E-state index contributed by atoms with van der Waals surface area (Å²) in [5, 5.41) is 0. The molecular formula is C12H13F3O. The molecule has 1 nitrogen and oxygen atoms in total. The van der Waals surface area contributed by atoms with Crippen molar-refractivity contribution in [1.29, 1.82) is 0 Å². The molecular weight excluding hydrogens is 217 g/mol. The maximum atomic E-state index is 12.2. The van der Waals surface area contributed by atoms with Gasteiger partial charge in [-0.15, -0.1) is 6.58 Å². The smallest absolute Gasteiger partial charge is 0.416 e. The van der Waals surface area contributed by atoms with E-state index >= 15 is 0 Å². The van der Waals surface area contributed by atoms with Gasteiger partial charge in [0.15, 0.2) is 0 Å². The lowest BCUT2D eigenvalue weighted by molar-refractivity contribution is -0.137. The molecule has 0 aliphatic rings. The van der Waals surface area contributed by atoms with Crippen LogP contribution in [0, 0.1) is 0 Å². The van der Waals surface area contributed by atoms with Crippen molar-refractivity contribution >= 4 is 0 Å². The molecule has 0 spiro atoms. The fourth-order valence-electron chi connectivity index (χ4n) is 1.08. The molecule has 0 unspecified atom stereocenters. The molecule has 0 heterocycles. The third-order valence-corrected chi connectivity index (χ3v) is 1.98. The van der Waals surface area contributed by atoms with Gasteiger partial charge in [-0.25, -0.2) is 0 Å². The van der Waals surface area contributed by atoms with Crippen molar-refractivity contribution in [1.82, 2.24) is 0 Å². The maximum absolute atomic E-state index is 12.2. The van der Waals surface area contributed by atoms with E-state index in [1.54, 1.807) is 0 Å². The van der Waals surface area contributed by atoms with Crippen LogP contribution in [0.3, 0.4) is 0 Å². The number of rotatable bonds is 4. The van der Waals surface area contributed by atoms with Gasteiger partial charge < -0.3 is 4.74 Å². The zero-order valence-electron chi connectivity index (χ0n) is 8.97. The average molecular weight is 230 g/mol. The van der Waals surface area contributed by atoms with Crippen LogP contribution in [0.2, 0.25) is 0 Å². The number of hydrogen-bond acceptors (Lipinski definition) is 1. The van der Waals surface area contributed by atoms with Crippen LogP contribution in [-0.4, -0.2) is 6.61 Å². The van der Waals surface area contributed by atoms with E-state index in [2.05, 4.69) is 6.58 Å². The molecule has 0 aliphatic carbocycles. The van der Waals surface area contributed by atoms with Crippen molar-refractivity contribution < 1.29 is 17.9 Å². The van der Waals surface area contributed by atoms with Gasteiger partial charge in [0.2, 0.25) is 0 Å². The van der Waals surface area contributed by atoms with E-state index in [4.69, 9.17) is 4.74 Å². The Morgan fingerprint density at radius 1 is 1.25 bits per heavy atom. The van der Waals surface area contributed by atoms with Crippen LogP contribution >= 0.6 is 0 Å². The molecule has 88 valence electrons. The summed E-state index contributed by atoms with van der Waals surface area (Å²) < 4.78 is 41.9. The van der Waals surface area contributed by atoms with Crippen molar-refractivity contribution in [3.63, 3.8) is 0 Å². The Balaban J connectivity index is 2.55. The minimum Gasteiger partial charge on any atom is -0.493 e. The first-order valence-electron chi connectivity index (χ1n) is 4.84. The first-order chi connectivity index (χ1) is 7.39. The zero-order valence-corrected chi connectivity index (χ0v) is 8.97. The molecule has 0 bridgehead atoms. The summed E-state index contributed by atoms with van der Waals surface area (Å²) in [6, 6.07) is 4.66. The summed E-state index contributed by atoms with van der Waals surface area (Å²) in [4.78, 5) is 0. The van der Waals surface area contributed by atoms with E-state index in [1.807, 2.05) is 6.92 Å². The fourth-order valence-corrected chi connectivity index (χ4v) is 1.08. The SMILES string of the molecule is C=C(C)CCOc1ccc(C(F)(F)F)cc1. The third-order valence-electron chi connectivity index (χ3n) is 1.98. The largest absolute Gasteiger partial charge is 0.493 e. The Kier molecular flexibility index (Phi) is 3.99. The molecule has 0 aliphatic heterocycles. The van der Waals surface area contributed by atoms with E-state index in [9.17, 15) is 13.2 Å². The normalized spacial score (nSPS) is 11.2. The molecule has 0 radical (unpaired) electrons. The summed E-state index contributed by atoms with van der Waals surface area (Å²) in [6.07, 6.45) is -3.60. The summed E-state index contributed by atoms with van der Waals surface area (Å²) in [5.41, 5.74) is 0.312. The molecule has 0 fully saturated rings. The van der Waals surface area contributed by atoms with Gasteiger partial charge in [-0.05, 0) is 31.2 Å². The van der Waals surface area contributed by atoms with Crippen LogP contribution in [0.25, 0.3) is 0 Å². The number of halogens is 3. The highest BCUT2D eigenvalue weighted by molar-refractivity contribution is 5.28. The van der Waals surface area contributed by atoms with Crippen molar-refractivity contribution in [3.05, 3.63) is 42.0 Å². The molecule has 1 rings (SSSR count). The first-order valence-corrected chi connectivity index (χ1v) is 4.84. The zero-order chi connectivity index (χ0) is 12.2. The van der Waals surface area contributed by atoms with Gasteiger partial charge in [-0.1, -0.05) is 5.57 Å². The lowest BCUT2D eigenvalue weighted by atomic mass is 10.2. The van der Waals surface area contributed by atoms with Crippen molar-refractivity contribution in [2.24, 2.45) is 0 Å². The third kappa shape index (κ3) is 3.96. The van der Waals surface area contributed by atoms with Gasteiger partial charge in [-0.3, -0.25) is 0 Å². The Hall–Kier alpha value is -1.45. The van der Waals surface area contributed by atoms with E-state index in [1.165, 1.54) is 12.1 Å². The van der Waals surface area contributed by atoms with Crippen LogP contribution in [-0.2, 0) is 6.18 Å². The maximum Gasteiger partial charge on any atom is 0.416 e. The van der Waals surface area contributed by atoms with E-state index in [0.29, 0.717) is 18.8 Å². The molecule has 0 saturated carbocycles. The molecule has 0 amide bonds. The van der Waals surface area contributed by atoms with Gasteiger partial charge in [0.25, 0.3) is 0 Å². The summed E-state index contributed by atoms with van der Waals surface area (Å²) in [6.45, 7) is 6.01. The highest BCUT2D eigenvalue weighted by atomic mass is 19.4. The Labute approximate surface area is 92.5 Å². The van der Waals surface area contributed by atoms with Crippen LogP contribution in [0.15, 0.2) is 36.4 Å². The monoisotopic (exact) mass is 230 g/mol. The predicted octanol–water partition coefficient (Wildman–Crippen LogP) is 4.05. The highest BCUT2D eigenvalue weighted by Gasteiger charge is 2.29. The summed E-state index contributed by atoms with van der Waals surface area (Å²) in [5.74, 6) is 0.439. The topological polar surface area (TPSA) is 9.23 Å². The molecule has 1 aromatic carbocycles. The second-order valence-corrected chi connectivity index (χ2v) is 3.58. The quantitative estimate of drug-likeness (QED) is 0.709. The number of benzene rings is 1. The Bertz CT molecular complexity index is 352. The number of alkyl halides is 3. The van der Waals surface area contributed by atoms with E-state index < -0.39 is 11.7 Å². The molecule has 4 heteroatoms. The van der Waals surface area contributed by atoms with Crippen molar-refractivity contribution in [2.75, 3.05) is 6.61 Å². The van der Waals surface area contributed by atoms with Gasteiger partial charge in [0.05, 0.1) is 12.2 Å². The van der Waals surface area contributed by atoms with Crippen LogP contribution in [0.5, 0.6) is 5.75 Å². The second kappa shape index (κ2) is 5.05. The lowest BCUT2D eigenvalue weighted by Crippen LogP contribution is -2.04. The van der Waals surface area contributed by atoms with Gasteiger partial charge in [0.1, 0.15) is 5.75 Å². The van der Waals surface area contributed by atoms with Gasteiger partial charge >= 0.3 is 6.18 Å². The fraction of sp³-hybridized carbons (Fsp3) is 0.333. The minimum absolute atomic E-state index is 0.431. The number of hydrogen-bond donors (Lipinski definition) is 0. The standard InChI is InChI=1S/C12H13F3O/c1-9(2)7-8-16-11-5-3-10(4-6-11)12(13,14)15/h3-6H,1,7-8H2,2H3. The van der Waals surface area contributed by atoms with Crippen LogP contribution in [0.4, 0.5) is 13.2 Å². The predicted molar refractivity (Wildman–Crippen MR) is 56.4 cm³/mol. The summed E-state index contributed by atoms with van der Waals surface area (Å²) >= 11 is 0. The summed E-state index contributed by atoms with van der Waals surface area (Å²) in [7, 11) is 0. The molecule has 1 aromatic rings. The second-order valence-electron chi connectivity index (χ2n) is 3.58. The molecule has 16 heavy (non-hydrogen) atoms. The Morgan fingerprint density at radius 2 is 1.81 bits per heavy atom. The molecule has 0 N–H and O–H groups in total. The van der Waals surface area contributed by atoms with Gasteiger partial charge in [0, 0.05) is 6.42 Å². The number of ether oxygens (including phenoxy) is 1.